The van der Waals surface area contributed by atoms with Crippen LogP contribution in [0.1, 0.15) is 54.9 Å². The van der Waals surface area contributed by atoms with Crippen molar-refractivity contribution in [3.8, 4) is 0 Å². The third-order valence-electron chi connectivity index (χ3n) is 4.42. The second-order valence-corrected chi connectivity index (χ2v) is 6.37. The summed E-state index contributed by atoms with van der Waals surface area (Å²) in [6, 6.07) is 0. The van der Waals surface area contributed by atoms with E-state index in [0.717, 1.165) is 30.1 Å². The van der Waals surface area contributed by atoms with Crippen LogP contribution in [0.3, 0.4) is 0 Å². The molecule has 0 radical (unpaired) electrons. The van der Waals surface area contributed by atoms with E-state index in [-0.39, 0.29) is 0 Å². The molecule has 0 aromatic rings. The first kappa shape index (κ1) is 14.7. The fraction of sp³-hybridized carbons (Fsp3) is 0.867. The van der Waals surface area contributed by atoms with Crippen molar-refractivity contribution in [1.82, 2.24) is 0 Å². The second kappa shape index (κ2) is 5.72. The Bertz CT molecular complexity index is 185. The van der Waals surface area contributed by atoms with E-state index >= 15 is 0 Å². The second-order valence-electron chi connectivity index (χ2n) is 6.37. The maximum absolute atomic E-state index is 3.84. The third kappa shape index (κ3) is 4.40. The molecular weight excluding hydrogens is 180 g/mol. The van der Waals surface area contributed by atoms with Crippen molar-refractivity contribution < 1.29 is 0 Å². The van der Waals surface area contributed by atoms with Gasteiger partial charge in [-0.3, -0.25) is 0 Å². The largest absolute Gasteiger partial charge is 0.103 e. The lowest BCUT2D eigenvalue weighted by atomic mass is 9.68. The molecule has 0 nitrogen and oxygen atoms in total. The van der Waals surface area contributed by atoms with Gasteiger partial charge in [0.05, 0.1) is 0 Å². The summed E-state index contributed by atoms with van der Waals surface area (Å²) in [5.41, 5.74) is 0.418. The monoisotopic (exact) mass is 210 g/mol. The summed E-state index contributed by atoms with van der Waals surface area (Å²) >= 11 is 0. The molecule has 15 heavy (non-hydrogen) atoms. The highest BCUT2D eigenvalue weighted by Crippen LogP contribution is 2.38. The molecule has 0 aliphatic heterocycles. The smallest absolute Gasteiger partial charge is 0.0325 e. The molecule has 0 heteroatoms. The standard InChI is InChI=1S/C15H30/c1-9-10-11(2)12(3)13(4)14(5)15(6,7)8/h9,11-14H,1,10H2,2-8H3/t11-,12-,13+,14+/m0/s1. The molecule has 0 N–H and O–H groups in total. The van der Waals surface area contributed by atoms with Crippen molar-refractivity contribution in [2.24, 2.45) is 29.1 Å². The molecule has 0 spiro atoms. The maximum atomic E-state index is 3.84. The van der Waals surface area contributed by atoms with Crippen LogP contribution in [0.4, 0.5) is 0 Å². The molecule has 0 saturated heterocycles. The van der Waals surface area contributed by atoms with Crippen LogP contribution in [0.5, 0.6) is 0 Å². The van der Waals surface area contributed by atoms with Crippen LogP contribution in [-0.4, -0.2) is 0 Å². The molecule has 0 unspecified atom stereocenters. The predicted molar refractivity (Wildman–Crippen MR) is 70.9 cm³/mol. The van der Waals surface area contributed by atoms with Gasteiger partial charge in [0, 0.05) is 0 Å². The molecule has 0 amide bonds. The Kier molecular flexibility index (Phi) is 5.62. The van der Waals surface area contributed by atoms with E-state index in [4.69, 9.17) is 0 Å². The van der Waals surface area contributed by atoms with Gasteiger partial charge in [-0.1, -0.05) is 54.5 Å². The van der Waals surface area contributed by atoms with E-state index in [1.54, 1.807) is 0 Å². The van der Waals surface area contributed by atoms with Gasteiger partial charge < -0.3 is 0 Å². The van der Waals surface area contributed by atoms with Crippen LogP contribution in [-0.2, 0) is 0 Å². The van der Waals surface area contributed by atoms with Crippen LogP contribution >= 0.6 is 0 Å². The molecule has 0 fully saturated rings. The lowest BCUT2D eigenvalue weighted by Gasteiger charge is -2.37. The van der Waals surface area contributed by atoms with Gasteiger partial charge in [0.15, 0.2) is 0 Å². The Hall–Kier alpha value is -0.260. The zero-order valence-corrected chi connectivity index (χ0v) is 11.8. The van der Waals surface area contributed by atoms with E-state index in [0.29, 0.717) is 5.41 Å². The number of hydrogen-bond acceptors (Lipinski definition) is 0. The van der Waals surface area contributed by atoms with Gasteiger partial charge in [0.1, 0.15) is 0 Å². The number of hydrogen-bond donors (Lipinski definition) is 0. The van der Waals surface area contributed by atoms with E-state index in [9.17, 15) is 0 Å². The Labute approximate surface area is 97.2 Å². The van der Waals surface area contributed by atoms with Crippen molar-refractivity contribution in [3.05, 3.63) is 12.7 Å². The highest BCUT2D eigenvalue weighted by Gasteiger charge is 2.30. The van der Waals surface area contributed by atoms with Gasteiger partial charge in [0.25, 0.3) is 0 Å². The Morgan fingerprint density at radius 1 is 1.00 bits per heavy atom. The first-order valence-electron chi connectivity index (χ1n) is 6.32. The zero-order valence-electron chi connectivity index (χ0n) is 11.8. The van der Waals surface area contributed by atoms with Gasteiger partial charge >= 0.3 is 0 Å². The maximum Gasteiger partial charge on any atom is -0.0325 e. The Morgan fingerprint density at radius 2 is 1.47 bits per heavy atom. The Morgan fingerprint density at radius 3 is 1.80 bits per heavy atom. The van der Waals surface area contributed by atoms with Crippen molar-refractivity contribution in [2.45, 2.75) is 54.9 Å². The minimum Gasteiger partial charge on any atom is -0.103 e. The highest BCUT2D eigenvalue weighted by atomic mass is 14.4. The molecule has 0 rings (SSSR count). The van der Waals surface area contributed by atoms with Crippen LogP contribution in [0.15, 0.2) is 12.7 Å². The summed E-state index contributed by atoms with van der Waals surface area (Å²) in [6.45, 7) is 20.4. The van der Waals surface area contributed by atoms with E-state index < -0.39 is 0 Å². The summed E-state index contributed by atoms with van der Waals surface area (Å²) < 4.78 is 0. The number of allylic oxidation sites excluding steroid dienone is 1. The van der Waals surface area contributed by atoms with Gasteiger partial charge in [-0.05, 0) is 35.5 Å². The van der Waals surface area contributed by atoms with Gasteiger partial charge in [-0.15, -0.1) is 6.58 Å². The number of rotatable bonds is 5. The Balaban J connectivity index is 4.43. The van der Waals surface area contributed by atoms with Crippen LogP contribution in [0, 0.1) is 29.1 Å². The van der Waals surface area contributed by atoms with Crippen LogP contribution in [0.25, 0.3) is 0 Å². The molecule has 90 valence electrons. The lowest BCUT2D eigenvalue weighted by molar-refractivity contribution is 0.120. The fourth-order valence-corrected chi connectivity index (χ4v) is 2.24. The predicted octanol–water partition coefficient (Wildman–Crippen LogP) is 5.15. The first-order valence-corrected chi connectivity index (χ1v) is 6.32. The fourth-order valence-electron chi connectivity index (χ4n) is 2.24. The molecule has 0 saturated carbocycles. The van der Waals surface area contributed by atoms with Crippen molar-refractivity contribution in [1.29, 1.82) is 0 Å². The summed E-state index contributed by atoms with van der Waals surface area (Å²) in [6.07, 6.45) is 3.19. The molecule has 0 aromatic heterocycles. The average molecular weight is 210 g/mol. The van der Waals surface area contributed by atoms with Crippen LogP contribution < -0.4 is 0 Å². The molecule has 0 aliphatic rings. The third-order valence-corrected chi connectivity index (χ3v) is 4.42. The average Bonchev–Trinajstić information content (AvgIpc) is 2.13. The van der Waals surface area contributed by atoms with E-state index in [2.05, 4.69) is 61.1 Å². The summed E-state index contributed by atoms with van der Waals surface area (Å²) in [5, 5.41) is 0. The first-order chi connectivity index (χ1) is 6.71. The minimum absolute atomic E-state index is 0.418. The molecule has 0 heterocycles. The van der Waals surface area contributed by atoms with Gasteiger partial charge in [-0.2, -0.15) is 0 Å². The quantitative estimate of drug-likeness (QED) is 0.550. The lowest BCUT2D eigenvalue weighted by Crippen LogP contribution is -2.30. The van der Waals surface area contributed by atoms with Crippen molar-refractivity contribution in [3.63, 3.8) is 0 Å². The summed E-state index contributed by atoms with van der Waals surface area (Å²) in [7, 11) is 0. The molecular formula is C15H30. The van der Waals surface area contributed by atoms with Crippen LogP contribution in [0.2, 0.25) is 0 Å². The van der Waals surface area contributed by atoms with Crippen molar-refractivity contribution >= 4 is 0 Å². The SMILES string of the molecule is C=CC[C@H](C)[C@H](C)[C@@H](C)[C@@H](C)C(C)(C)C. The van der Waals surface area contributed by atoms with Gasteiger partial charge in [-0.25, -0.2) is 0 Å². The summed E-state index contributed by atoms with van der Waals surface area (Å²) in [4.78, 5) is 0. The minimum atomic E-state index is 0.418. The molecule has 0 bridgehead atoms. The topological polar surface area (TPSA) is 0 Å². The summed E-state index contributed by atoms with van der Waals surface area (Å²) in [5.74, 6) is 3.07. The van der Waals surface area contributed by atoms with E-state index in [1.165, 1.54) is 0 Å². The van der Waals surface area contributed by atoms with Crippen molar-refractivity contribution in [2.75, 3.05) is 0 Å². The molecule has 0 aromatic carbocycles. The molecule has 4 atom stereocenters. The highest BCUT2D eigenvalue weighted by molar-refractivity contribution is 4.82. The normalized spacial score (nSPS) is 20.5. The van der Waals surface area contributed by atoms with Gasteiger partial charge in [0.2, 0.25) is 0 Å². The molecule has 0 aliphatic carbocycles. The van der Waals surface area contributed by atoms with E-state index in [1.807, 2.05) is 0 Å². The zero-order chi connectivity index (χ0) is 12.2.